The van der Waals surface area contributed by atoms with Gasteiger partial charge in [0.15, 0.2) is 0 Å². The molecule has 0 aliphatic heterocycles. The highest BCUT2D eigenvalue weighted by atomic mass is 79.9. The molecule has 0 spiro atoms. The van der Waals surface area contributed by atoms with Gasteiger partial charge in [0.1, 0.15) is 0 Å². The lowest BCUT2D eigenvalue weighted by Gasteiger charge is -2.18. The van der Waals surface area contributed by atoms with Crippen molar-refractivity contribution in [1.82, 2.24) is 0 Å². The number of rotatable bonds is 7. The largest absolute Gasteiger partial charge is 0.483 e. The average Bonchev–Trinajstić information content (AvgIpc) is 2.37. The third-order valence-electron chi connectivity index (χ3n) is 2.76. The standard InChI is InChI=1S/C13H18BrNO5/c1-8(4-5-19-3)20-13-11(9(2)16)6-10(14)7-12(13)15(17)18/h6-9,16H,4-5H2,1-3H3/t8?,9-/m1/s1. The number of benzene rings is 1. The lowest BCUT2D eigenvalue weighted by atomic mass is 10.1. The van der Waals surface area contributed by atoms with Gasteiger partial charge < -0.3 is 14.6 Å². The molecular formula is C13H18BrNO5. The summed E-state index contributed by atoms with van der Waals surface area (Å²) in [7, 11) is 1.58. The molecule has 2 atom stereocenters. The number of nitro groups is 1. The maximum absolute atomic E-state index is 11.1. The Balaban J connectivity index is 3.16. The molecular weight excluding hydrogens is 330 g/mol. The molecule has 0 amide bonds. The summed E-state index contributed by atoms with van der Waals surface area (Å²) in [5, 5.41) is 20.9. The lowest BCUT2D eigenvalue weighted by molar-refractivity contribution is -0.386. The van der Waals surface area contributed by atoms with Crippen LogP contribution in [0.25, 0.3) is 0 Å². The van der Waals surface area contributed by atoms with Crippen molar-refractivity contribution in [3.05, 3.63) is 32.3 Å². The fraction of sp³-hybridized carbons (Fsp3) is 0.538. The Morgan fingerprint density at radius 3 is 2.60 bits per heavy atom. The zero-order chi connectivity index (χ0) is 15.3. The first kappa shape index (κ1) is 16.9. The van der Waals surface area contributed by atoms with Crippen LogP contribution in [0.2, 0.25) is 0 Å². The van der Waals surface area contributed by atoms with Gasteiger partial charge in [0.05, 0.1) is 17.1 Å². The maximum Gasteiger partial charge on any atom is 0.312 e. The molecule has 0 aliphatic rings. The Labute approximate surface area is 126 Å². The van der Waals surface area contributed by atoms with E-state index in [1.165, 1.54) is 13.0 Å². The molecule has 0 saturated heterocycles. The summed E-state index contributed by atoms with van der Waals surface area (Å²) < 4.78 is 11.1. The third-order valence-corrected chi connectivity index (χ3v) is 3.21. The number of aliphatic hydroxyl groups is 1. The number of halogens is 1. The molecule has 112 valence electrons. The molecule has 0 bridgehead atoms. The minimum absolute atomic E-state index is 0.108. The molecule has 1 aromatic carbocycles. The molecule has 20 heavy (non-hydrogen) atoms. The zero-order valence-corrected chi connectivity index (χ0v) is 13.2. The molecule has 0 heterocycles. The van der Waals surface area contributed by atoms with Crippen LogP contribution < -0.4 is 4.74 Å². The Morgan fingerprint density at radius 1 is 1.45 bits per heavy atom. The molecule has 1 rings (SSSR count). The maximum atomic E-state index is 11.1. The van der Waals surface area contributed by atoms with E-state index in [-0.39, 0.29) is 17.5 Å². The monoisotopic (exact) mass is 347 g/mol. The Kier molecular flexibility index (Phi) is 6.38. The van der Waals surface area contributed by atoms with Crippen LogP contribution in [0.5, 0.6) is 5.75 Å². The van der Waals surface area contributed by atoms with Gasteiger partial charge in [0.25, 0.3) is 0 Å². The van der Waals surface area contributed by atoms with Crippen molar-refractivity contribution < 1.29 is 19.5 Å². The molecule has 0 radical (unpaired) electrons. The quantitative estimate of drug-likeness (QED) is 0.604. The fourth-order valence-electron chi connectivity index (χ4n) is 1.72. The van der Waals surface area contributed by atoms with Crippen LogP contribution in [0.3, 0.4) is 0 Å². The summed E-state index contributed by atoms with van der Waals surface area (Å²) in [5.41, 5.74) is 0.217. The average molecular weight is 348 g/mol. The second-order valence-electron chi connectivity index (χ2n) is 4.49. The molecule has 0 aliphatic carbocycles. The van der Waals surface area contributed by atoms with Crippen molar-refractivity contribution in [3.8, 4) is 5.75 Å². The van der Waals surface area contributed by atoms with Gasteiger partial charge in [-0.25, -0.2) is 0 Å². The second kappa shape index (κ2) is 7.56. The predicted octanol–water partition coefficient (Wildman–Crippen LogP) is 3.21. The van der Waals surface area contributed by atoms with Gasteiger partial charge in [0.2, 0.25) is 5.75 Å². The van der Waals surface area contributed by atoms with Gasteiger partial charge in [-0.1, -0.05) is 15.9 Å². The topological polar surface area (TPSA) is 81.8 Å². The van der Waals surface area contributed by atoms with Crippen molar-refractivity contribution in [2.24, 2.45) is 0 Å². The molecule has 1 unspecified atom stereocenters. The van der Waals surface area contributed by atoms with Crippen LogP contribution in [-0.2, 0) is 4.74 Å². The van der Waals surface area contributed by atoms with E-state index in [1.54, 1.807) is 20.1 Å². The van der Waals surface area contributed by atoms with Gasteiger partial charge in [-0.2, -0.15) is 0 Å². The molecule has 1 aromatic rings. The number of aliphatic hydroxyl groups excluding tert-OH is 1. The summed E-state index contributed by atoms with van der Waals surface area (Å²) in [5.74, 6) is 0.108. The van der Waals surface area contributed by atoms with Gasteiger partial charge >= 0.3 is 5.69 Å². The molecule has 7 heteroatoms. The Morgan fingerprint density at radius 2 is 2.10 bits per heavy atom. The molecule has 6 nitrogen and oxygen atoms in total. The highest BCUT2D eigenvalue weighted by molar-refractivity contribution is 9.10. The van der Waals surface area contributed by atoms with Crippen molar-refractivity contribution in [2.45, 2.75) is 32.5 Å². The number of methoxy groups -OCH3 is 1. The van der Waals surface area contributed by atoms with E-state index in [0.29, 0.717) is 23.1 Å². The minimum Gasteiger partial charge on any atom is -0.483 e. The number of nitrogens with zero attached hydrogens (tertiary/aromatic N) is 1. The fourth-order valence-corrected chi connectivity index (χ4v) is 2.18. The highest BCUT2D eigenvalue weighted by Crippen LogP contribution is 2.38. The summed E-state index contributed by atoms with van der Waals surface area (Å²) in [6, 6.07) is 2.99. The first-order valence-corrected chi connectivity index (χ1v) is 6.97. The molecule has 0 saturated carbocycles. The van der Waals surface area contributed by atoms with Crippen LogP contribution in [-0.4, -0.2) is 29.9 Å². The van der Waals surface area contributed by atoms with Crippen molar-refractivity contribution in [3.63, 3.8) is 0 Å². The minimum atomic E-state index is -0.865. The number of hydrogen-bond acceptors (Lipinski definition) is 5. The van der Waals surface area contributed by atoms with Crippen LogP contribution in [0, 0.1) is 10.1 Å². The van der Waals surface area contributed by atoms with Crippen molar-refractivity contribution in [1.29, 1.82) is 0 Å². The van der Waals surface area contributed by atoms with Gasteiger partial charge in [0, 0.05) is 36.2 Å². The van der Waals surface area contributed by atoms with E-state index < -0.39 is 11.0 Å². The summed E-state index contributed by atoms with van der Waals surface area (Å²) in [6.07, 6.45) is -0.522. The SMILES string of the molecule is COCCC(C)Oc1c([C@@H](C)O)cc(Br)cc1[N+](=O)[O-]. The van der Waals surface area contributed by atoms with Crippen molar-refractivity contribution >= 4 is 21.6 Å². The first-order valence-electron chi connectivity index (χ1n) is 6.18. The Hall–Kier alpha value is -1.18. The first-order chi connectivity index (χ1) is 9.36. The van der Waals surface area contributed by atoms with Gasteiger partial charge in [-0.05, 0) is 19.9 Å². The van der Waals surface area contributed by atoms with E-state index in [2.05, 4.69) is 15.9 Å². The summed E-state index contributed by atoms with van der Waals surface area (Å²) in [6.45, 7) is 3.84. The van der Waals surface area contributed by atoms with E-state index in [1.807, 2.05) is 0 Å². The van der Waals surface area contributed by atoms with E-state index in [9.17, 15) is 15.2 Å². The van der Waals surface area contributed by atoms with Gasteiger partial charge in [-0.3, -0.25) is 10.1 Å². The zero-order valence-electron chi connectivity index (χ0n) is 11.6. The van der Waals surface area contributed by atoms with Gasteiger partial charge in [-0.15, -0.1) is 0 Å². The smallest absolute Gasteiger partial charge is 0.312 e. The summed E-state index contributed by atoms with van der Waals surface area (Å²) >= 11 is 3.20. The molecule has 1 N–H and O–H groups in total. The van der Waals surface area contributed by atoms with E-state index in [0.717, 1.165) is 0 Å². The number of ether oxygens (including phenoxy) is 2. The van der Waals surface area contributed by atoms with Crippen LogP contribution >= 0.6 is 15.9 Å². The van der Waals surface area contributed by atoms with E-state index in [4.69, 9.17) is 9.47 Å². The summed E-state index contributed by atoms with van der Waals surface area (Å²) in [4.78, 5) is 10.6. The van der Waals surface area contributed by atoms with E-state index >= 15 is 0 Å². The van der Waals surface area contributed by atoms with Crippen LogP contribution in [0.15, 0.2) is 16.6 Å². The van der Waals surface area contributed by atoms with Crippen molar-refractivity contribution in [2.75, 3.05) is 13.7 Å². The number of nitro benzene ring substituents is 1. The van der Waals surface area contributed by atoms with Crippen LogP contribution in [0.4, 0.5) is 5.69 Å². The number of hydrogen-bond donors (Lipinski definition) is 1. The Bertz CT molecular complexity index is 478. The molecule has 0 aromatic heterocycles. The highest BCUT2D eigenvalue weighted by Gasteiger charge is 2.24. The third kappa shape index (κ3) is 4.43. The predicted molar refractivity (Wildman–Crippen MR) is 78.0 cm³/mol. The lowest BCUT2D eigenvalue weighted by Crippen LogP contribution is -2.16. The second-order valence-corrected chi connectivity index (χ2v) is 5.40. The normalized spacial score (nSPS) is 13.8. The molecule has 0 fully saturated rings. The van der Waals surface area contributed by atoms with Crippen LogP contribution in [0.1, 0.15) is 31.9 Å².